The van der Waals surface area contributed by atoms with Gasteiger partial charge in [-0.05, 0) is 50.6 Å². The van der Waals surface area contributed by atoms with Gasteiger partial charge in [0, 0.05) is 26.9 Å². The Bertz CT molecular complexity index is 1470. The van der Waals surface area contributed by atoms with Gasteiger partial charge in [-0.25, -0.2) is 14.4 Å². The molecule has 0 amide bonds. The van der Waals surface area contributed by atoms with Crippen LogP contribution in [-0.4, -0.2) is 28.5 Å². The number of thiophene rings is 1. The van der Waals surface area contributed by atoms with E-state index in [-0.39, 0.29) is 18.0 Å². The molecule has 0 atom stereocenters. The highest BCUT2D eigenvalue weighted by Crippen LogP contribution is 2.36. The zero-order chi connectivity index (χ0) is 23.7. The number of carbonyl (C=O) groups is 1. The van der Waals surface area contributed by atoms with Gasteiger partial charge in [-0.15, -0.1) is 11.3 Å². The first-order chi connectivity index (χ1) is 15.8. The Hall–Kier alpha value is -3.42. The molecular weight excluding hydrogens is 460 g/mol. The summed E-state index contributed by atoms with van der Waals surface area (Å²) in [6, 6.07) is 13.7. The molecule has 4 aromatic rings. The van der Waals surface area contributed by atoms with Gasteiger partial charge in [0.05, 0.1) is 23.4 Å². The fraction of sp³-hybridized carbons (Fsp3) is 0.160. The number of ether oxygens (including phenoxy) is 1. The van der Waals surface area contributed by atoms with Crippen LogP contribution >= 0.6 is 22.9 Å². The van der Waals surface area contributed by atoms with E-state index < -0.39 is 5.97 Å². The molecule has 33 heavy (non-hydrogen) atoms. The van der Waals surface area contributed by atoms with Crippen molar-refractivity contribution in [3.05, 3.63) is 85.5 Å². The fourth-order valence-electron chi connectivity index (χ4n) is 3.61. The Morgan fingerprint density at radius 2 is 1.91 bits per heavy atom. The lowest BCUT2D eigenvalue weighted by Crippen LogP contribution is -2.20. The summed E-state index contributed by atoms with van der Waals surface area (Å²) in [4.78, 5) is 31.2. The number of carbonyl (C=O) groups excluding carboxylic acids is 1. The lowest BCUT2D eigenvalue weighted by atomic mass is 10.1. The molecule has 2 heterocycles. The molecule has 0 aliphatic carbocycles. The van der Waals surface area contributed by atoms with E-state index in [2.05, 4.69) is 4.99 Å². The van der Waals surface area contributed by atoms with E-state index in [1.165, 1.54) is 22.1 Å². The zero-order valence-electron chi connectivity index (χ0n) is 18.3. The minimum Gasteiger partial charge on any atom is -0.494 e. The minimum absolute atomic E-state index is 0.256. The van der Waals surface area contributed by atoms with Crippen molar-refractivity contribution in [3.8, 4) is 11.6 Å². The van der Waals surface area contributed by atoms with Crippen LogP contribution in [0.3, 0.4) is 0 Å². The smallest absolute Gasteiger partial charge is 0.341 e. The first-order valence-corrected chi connectivity index (χ1v) is 11.5. The number of aryl methyl sites for hydroxylation is 1. The van der Waals surface area contributed by atoms with Crippen molar-refractivity contribution in [2.24, 2.45) is 4.99 Å². The number of aromatic nitrogens is 1. The van der Waals surface area contributed by atoms with E-state index in [0.29, 0.717) is 37.6 Å². The highest BCUT2D eigenvalue weighted by Gasteiger charge is 2.21. The summed E-state index contributed by atoms with van der Waals surface area (Å²) < 4.78 is 6.40. The molecule has 6 nitrogen and oxygen atoms in total. The first-order valence-electron chi connectivity index (χ1n) is 10.3. The number of esters is 1. The predicted octanol–water partition coefficient (Wildman–Crippen LogP) is 5.96. The van der Waals surface area contributed by atoms with Gasteiger partial charge in [0.25, 0.3) is 5.56 Å². The van der Waals surface area contributed by atoms with E-state index in [9.17, 15) is 14.7 Å². The van der Waals surface area contributed by atoms with Gasteiger partial charge in [0.15, 0.2) is 0 Å². The molecule has 0 radical (unpaired) electrons. The molecule has 0 saturated heterocycles. The maximum absolute atomic E-state index is 13.2. The van der Waals surface area contributed by atoms with Crippen LogP contribution in [0.2, 0.25) is 5.02 Å². The number of nitrogens with zero attached hydrogens (tertiary/aromatic N) is 2. The molecule has 8 heteroatoms. The van der Waals surface area contributed by atoms with Crippen LogP contribution in [0.25, 0.3) is 16.5 Å². The molecule has 2 aromatic carbocycles. The molecule has 0 aliphatic heterocycles. The van der Waals surface area contributed by atoms with Gasteiger partial charge in [-0.1, -0.05) is 35.9 Å². The maximum atomic E-state index is 13.2. The molecule has 1 N–H and O–H groups in total. The van der Waals surface area contributed by atoms with Crippen molar-refractivity contribution in [2.75, 3.05) is 6.61 Å². The molecule has 0 bridgehead atoms. The van der Waals surface area contributed by atoms with Crippen molar-refractivity contribution < 1.29 is 14.6 Å². The Morgan fingerprint density at radius 3 is 2.61 bits per heavy atom. The van der Waals surface area contributed by atoms with Gasteiger partial charge in [0.1, 0.15) is 5.00 Å². The standard InChI is InChI=1S/C25H21ClN2O4S/c1-4-32-25(31)21-14(2)15(3)33-22(21)27-13-20-18-10-5-6-11-19(18)23(29)28(24(20)30)17-9-7-8-16(26)12-17/h5-13,30H,4H2,1-3H3/b27-13+. The number of benzene rings is 2. The second-order valence-corrected chi connectivity index (χ2v) is 8.99. The Balaban J connectivity index is 1.95. The number of pyridine rings is 1. The second-order valence-electron chi connectivity index (χ2n) is 7.35. The van der Waals surface area contributed by atoms with Crippen molar-refractivity contribution >= 4 is 50.9 Å². The molecule has 0 unspecified atom stereocenters. The molecule has 4 rings (SSSR count). The van der Waals surface area contributed by atoms with E-state index in [4.69, 9.17) is 16.3 Å². The Morgan fingerprint density at radius 1 is 1.18 bits per heavy atom. The lowest BCUT2D eigenvalue weighted by Gasteiger charge is -2.14. The molecule has 0 spiro atoms. The SMILES string of the molecule is CCOC(=O)c1c(/N=C/c2c(O)n(-c3cccc(Cl)c3)c(=O)c3ccccc23)sc(C)c1C. The number of rotatable bonds is 5. The van der Waals surface area contributed by atoms with Crippen LogP contribution < -0.4 is 5.56 Å². The summed E-state index contributed by atoms with van der Waals surface area (Å²) in [7, 11) is 0. The summed E-state index contributed by atoms with van der Waals surface area (Å²) in [5.41, 5.74) is 1.62. The quantitative estimate of drug-likeness (QED) is 0.282. The summed E-state index contributed by atoms with van der Waals surface area (Å²) in [5.74, 6) is -0.711. The third-order valence-corrected chi connectivity index (χ3v) is 6.68. The highest BCUT2D eigenvalue weighted by molar-refractivity contribution is 7.16. The van der Waals surface area contributed by atoms with E-state index in [1.54, 1.807) is 55.5 Å². The molecule has 0 aliphatic rings. The van der Waals surface area contributed by atoms with Crippen LogP contribution in [0.1, 0.15) is 33.3 Å². The summed E-state index contributed by atoms with van der Waals surface area (Å²) >= 11 is 7.49. The predicted molar refractivity (Wildman–Crippen MR) is 133 cm³/mol. The number of halogens is 1. The summed E-state index contributed by atoms with van der Waals surface area (Å²) in [6.07, 6.45) is 1.48. The second kappa shape index (κ2) is 9.21. The zero-order valence-corrected chi connectivity index (χ0v) is 19.8. The van der Waals surface area contributed by atoms with Crippen molar-refractivity contribution in [1.82, 2.24) is 4.57 Å². The minimum atomic E-state index is -0.440. The number of aromatic hydroxyl groups is 1. The molecular formula is C25H21ClN2O4S. The summed E-state index contributed by atoms with van der Waals surface area (Å²) in [5, 5.41) is 13.0. The normalized spacial score (nSPS) is 11.4. The van der Waals surface area contributed by atoms with Crippen LogP contribution in [0.4, 0.5) is 5.00 Å². The van der Waals surface area contributed by atoms with Crippen LogP contribution in [0, 0.1) is 13.8 Å². The van der Waals surface area contributed by atoms with Gasteiger partial charge < -0.3 is 9.84 Å². The molecule has 0 saturated carbocycles. The number of hydrogen-bond acceptors (Lipinski definition) is 6. The molecule has 168 valence electrons. The number of hydrogen-bond donors (Lipinski definition) is 1. The third-order valence-electron chi connectivity index (χ3n) is 5.33. The fourth-order valence-corrected chi connectivity index (χ4v) is 4.78. The monoisotopic (exact) mass is 480 g/mol. The van der Waals surface area contributed by atoms with Gasteiger partial charge >= 0.3 is 5.97 Å². The van der Waals surface area contributed by atoms with E-state index in [1.807, 2.05) is 13.8 Å². The van der Waals surface area contributed by atoms with E-state index >= 15 is 0 Å². The summed E-state index contributed by atoms with van der Waals surface area (Å²) in [6.45, 7) is 5.77. The topological polar surface area (TPSA) is 80.9 Å². The lowest BCUT2D eigenvalue weighted by molar-refractivity contribution is 0.0527. The van der Waals surface area contributed by atoms with Gasteiger partial charge in [0.2, 0.25) is 5.88 Å². The van der Waals surface area contributed by atoms with Crippen LogP contribution in [-0.2, 0) is 4.74 Å². The van der Waals surface area contributed by atoms with E-state index in [0.717, 1.165) is 10.4 Å². The third kappa shape index (κ3) is 4.17. The van der Waals surface area contributed by atoms with Crippen molar-refractivity contribution in [3.63, 3.8) is 0 Å². The van der Waals surface area contributed by atoms with Crippen LogP contribution in [0.5, 0.6) is 5.88 Å². The number of fused-ring (bicyclic) bond motifs is 1. The van der Waals surface area contributed by atoms with Crippen molar-refractivity contribution in [2.45, 2.75) is 20.8 Å². The first kappa shape index (κ1) is 22.8. The Labute approximate surface area is 199 Å². The van der Waals surface area contributed by atoms with Gasteiger partial charge in [-0.3, -0.25) is 4.79 Å². The molecule has 0 fully saturated rings. The van der Waals surface area contributed by atoms with Crippen LogP contribution in [0.15, 0.2) is 58.3 Å². The molecule has 2 aromatic heterocycles. The average Bonchev–Trinajstić information content (AvgIpc) is 3.07. The number of aliphatic imine (C=N–C) groups is 1. The highest BCUT2D eigenvalue weighted by atomic mass is 35.5. The largest absolute Gasteiger partial charge is 0.494 e. The maximum Gasteiger partial charge on any atom is 0.341 e. The van der Waals surface area contributed by atoms with Crippen molar-refractivity contribution in [1.29, 1.82) is 0 Å². The van der Waals surface area contributed by atoms with Gasteiger partial charge in [-0.2, -0.15) is 0 Å². The Kier molecular flexibility index (Phi) is 6.35. The average molecular weight is 481 g/mol.